The Morgan fingerprint density at radius 1 is 1.32 bits per heavy atom. The highest BCUT2D eigenvalue weighted by Crippen LogP contribution is 2.21. The van der Waals surface area contributed by atoms with Gasteiger partial charge in [0.05, 0.1) is 16.5 Å². The summed E-state index contributed by atoms with van der Waals surface area (Å²) in [5.41, 5.74) is 6.57. The molecule has 0 bridgehead atoms. The van der Waals surface area contributed by atoms with Crippen molar-refractivity contribution in [3.8, 4) is 0 Å². The molecule has 1 amide bonds. The van der Waals surface area contributed by atoms with E-state index in [4.69, 9.17) is 5.73 Å². The molecule has 0 saturated carbocycles. The molecule has 1 atom stereocenters. The van der Waals surface area contributed by atoms with E-state index in [0.717, 1.165) is 10.9 Å². The number of carbonyl (C=O) groups excluding carboxylic acids is 1. The number of benzene rings is 1. The van der Waals surface area contributed by atoms with Crippen molar-refractivity contribution < 1.29 is 4.79 Å². The number of nitrogen functional groups attached to an aromatic ring is 1. The predicted octanol–water partition coefficient (Wildman–Crippen LogP) is 2.75. The molecule has 1 aromatic heterocycles. The molecule has 0 saturated heterocycles. The van der Waals surface area contributed by atoms with Crippen LogP contribution in [0.1, 0.15) is 33.5 Å². The average Bonchev–Trinajstić information content (AvgIpc) is 2.43. The molecule has 0 aliphatic carbocycles. The number of amides is 1. The van der Waals surface area contributed by atoms with E-state index in [0.29, 0.717) is 17.4 Å². The van der Waals surface area contributed by atoms with Crippen molar-refractivity contribution in [2.75, 3.05) is 5.73 Å². The Balaban J connectivity index is 2.04. The first-order valence-electron chi connectivity index (χ1n) is 7.21. The van der Waals surface area contributed by atoms with Crippen LogP contribution in [0.25, 0.3) is 10.9 Å². The highest BCUT2D eigenvalue weighted by atomic mass is 32.2. The lowest BCUT2D eigenvalue weighted by Crippen LogP contribution is -2.44. The van der Waals surface area contributed by atoms with Gasteiger partial charge in [-0.05, 0) is 39.8 Å². The normalized spacial score (nSPS) is 13.1. The number of para-hydroxylation sites is 1. The largest absolute Gasteiger partial charge is 0.383 e. The van der Waals surface area contributed by atoms with Crippen LogP contribution in [-0.4, -0.2) is 26.7 Å². The first-order chi connectivity index (χ1) is 10.3. The average molecular weight is 318 g/mol. The van der Waals surface area contributed by atoms with Crippen molar-refractivity contribution in [2.24, 2.45) is 0 Å². The van der Waals surface area contributed by atoms with Crippen LogP contribution in [0.4, 0.5) is 5.82 Å². The number of fused-ring (bicyclic) bond motifs is 1. The van der Waals surface area contributed by atoms with Gasteiger partial charge in [0, 0.05) is 10.9 Å². The number of nitrogens with one attached hydrogen (secondary N) is 1. The minimum atomic E-state index is -0.226. The molecule has 0 radical (unpaired) electrons. The molecule has 1 heterocycles. The van der Waals surface area contributed by atoms with Crippen LogP contribution in [0.2, 0.25) is 0 Å². The van der Waals surface area contributed by atoms with Crippen molar-refractivity contribution in [3.05, 3.63) is 30.1 Å². The number of hydrogen-bond donors (Lipinski definition) is 2. The smallest absolute Gasteiger partial charge is 0.233 e. The molecule has 118 valence electrons. The van der Waals surface area contributed by atoms with Gasteiger partial charge in [-0.3, -0.25) is 4.79 Å². The van der Waals surface area contributed by atoms with Gasteiger partial charge in [0.15, 0.2) is 0 Å². The quantitative estimate of drug-likeness (QED) is 0.906. The standard InChI is InChI=1S/C16H22N4OS/c1-10(15(21)20-16(2,3)4)22-9-13-18-12-8-6-5-7-11(12)14(17)19-13/h5-8,10H,9H2,1-4H3,(H,20,21)(H2,17,18,19)/t10-/m0/s1. The molecule has 2 rings (SSSR count). The van der Waals surface area contributed by atoms with Gasteiger partial charge in [0.25, 0.3) is 0 Å². The molecule has 6 heteroatoms. The van der Waals surface area contributed by atoms with Gasteiger partial charge in [-0.2, -0.15) is 0 Å². The molecule has 1 aromatic carbocycles. The molecule has 0 spiro atoms. The maximum absolute atomic E-state index is 12.1. The fourth-order valence-corrected chi connectivity index (χ4v) is 2.70. The third kappa shape index (κ3) is 4.34. The van der Waals surface area contributed by atoms with Crippen LogP contribution in [0.15, 0.2) is 24.3 Å². The summed E-state index contributed by atoms with van der Waals surface area (Å²) in [5, 5.41) is 3.66. The maximum Gasteiger partial charge on any atom is 0.233 e. The minimum absolute atomic E-state index is 0.0197. The summed E-state index contributed by atoms with van der Waals surface area (Å²) >= 11 is 1.50. The lowest BCUT2D eigenvalue weighted by atomic mass is 10.1. The summed E-state index contributed by atoms with van der Waals surface area (Å²) in [6.45, 7) is 7.79. The highest BCUT2D eigenvalue weighted by Gasteiger charge is 2.20. The van der Waals surface area contributed by atoms with Crippen LogP contribution in [0.5, 0.6) is 0 Å². The lowest BCUT2D eigenvalue weighted by molar-refractivity contribution is -0.121. The van der Waals surface area contributed by atoms with E-state index in [1.165, 1.54) is 11.8 Å². The van der Waals surface area contributed by atoms with Crippen molar-refractivity contribution in [1.29, 1.82) is 0 Å². The summed E-state index contributed by atoms with van der Waals surface area (Å²) < 4.78 is 0. The number of aromatic nitrogens is 2. The first-order valence-corrected chi connectivity index (χ1v) is 8.26. The zero-order valence-electron chi connectivity index (χ0n) is 13.4. The van der Waals surface area contributed by atoms with E-state index in [2.05, 4.69) is 15.3 Å². The number of thioether (sulfide) groups is 1. The van der Waals surface area contributed by atoms with Gasteiger partial charge in [-0.25, -0.2) is 9.97 Å². The Morgan fingerprint density at radius 2 is 2.00 bits per heavy atom. The number of nitrogens with zero attached hydrogens (tertiary/aromatic N) is 2. The Hall–Kier alpha value is -1.82. The molecule has 3 N–H and O–H groups in total. The zero-order valence-corrected chi connectivity index (χ0v) is 14.2. The predicted molar refractivity (Wildman–Crippen MR) is 92.6 cm³/mol. The van der Waals surface area contributed by atoms with Crippen LogP contribution in [0.3, 0.4) is 0 Å². The Morgan fingerprint density at radius 3 is 2.68 bits per heavy atom. The second kappa shape index (κ2) is 6.52. The molecule has 5 nitrogen and oxygen atoms in total. The van der Waals surface area contributed by atoms with Gasteiger partial charge < -0.3 is 11.1 Å². The van der Waals surface area contributed by atoms with Gasteiger partial charge >= 0.3 is 0 Å². The van der Waals surface area contributed by atoms with Gasteiger partial charge in [-0.1, -0.05) is 12.1 Å². The van der Waals surface area contributed by atoms with Crippen LogP contribution >= 0.6 is 11.8 Å². The fraction of sp³-hybridized carbons (Fsp3) is 0.438. The number of rotatable bonds is 4. The summed E-state index contributed by atoms with van der Waals surface area (Å²) in [7, 11) is 0. The SMILES string of the molecule is C[C@H](SCc1nc(N)c2ccccc2n1)C(=O)NC(C)(C)C. The summed E-state index contributed by atoms with van der Waals surface area (Å²) in [5.74, 6) is 1.70. The summed E-state index contributed by atoms with van der Waals surface area (Å²) in [6, 6.07) is 7.65. The molecule has 0 unspecified atom stereocenters. The third-order valence-electron chi connectivity index (χ3n) is 3.01. The van der Waals surface area contributed by atoms with Crippen LogP contribution in [-0.2, 0) is 10.5 Å². The first kappa shape index (κ1) is 16.5. The van der Waals surface area contributed by atoms with E-state index in [-0.39, 0.29) is 16.7 Å². The third-order valence-corrected chi connectivity index (χ3v) is 4.15. The molecule has 0 aliphatic rings. The van der Waals surface area contributed by atoms with E-state index in [9.17, 15) is 4.79 Å². The van der Waals surface area contributed by atoms with Crippen molar-refractivity contribution in [3.63, 3.8) is 0 Å². The summed E-state index contributed by atoms with van der Waals surface area (Å²) in [6.07, 6.45) is 0. The monoisotopic (exact) mass is 318 g/mol. The Labute approximate surface area is 135 Å². The maximum atomic E-state index is 12.1. The topological polar surface area (TPSA) is 80.9 Å². The van der Waals surface area contributed by atoms with Crippen molar-refractivity contribution in [2.45, 2.75) is 44.2 Å². The van der Waals surface area contributed by atoms with E-state index in [1.807, 2.05) is 52.0 Å². The Bertz CT molecular complexity index is 681. The summed E-state index contributed by atoms with van der Waals surface area (Å²) in [4.78, 5) is 20.9. The van der Waals surface area contributed by atoms with E-state index in [1.54, 1.807) is 0 Å². The second-order valence-electron chi connectivity index (χ2n) is 6.23. The molecule has 2 aromatic rings. The molecular weight excluding hydrogens is 296 g/mol. The molecule has 0 aliphatic heterocycles. The fourth-order valence-electron chi connectivity index (χ4n) is 1.96. The van der Waals surface area contributed by atoms with Gasteiger partial charge in [-0.15, -0.1) is 11.8 Å². The Kier molecular flexibility index (Phi) is 4.90. The molecule has 22 heavy (non-hydrogen) atoms. The van der Waals surface area contributed by atoms with Crippen LogP contribution in [0, 0.1) is 0 Å². The molecule has 0 fully saturated rings. The van der Waals surface area contributed by atoms with E-state index < -0.39 is 0 Å². The van der Waals surface area contributed by atoms with E-state index >= 15 is 0 Å². The number of carbonyl (C=O) groups is 1. The lowest BCUT2D eigenvalue weighted by Gasteiger charge is -2.22. The van der Waals surface area contributed by atoms with Gasteiger partial charge in [0.2, 0.25) is 5.91 Å². The zero-order chi connectivity index (χ0) is 16.3. The minimum Gasteiger partial charge on any atom is -0.383 e. The number of nitrogens with two attached hydrogens (primary N) is 1. The van der Waals surface area contributed by atoms with Crippen molar-refractivity contribution >= 4 is 34.4 Å². The number of anilines is 1. The van der Waals surface area contributed by atoms with Crippen molar-refractivity contribution in [1.82, 2.24) is 15.3 Å². The molecular formula is C16H22N4OS. The highest BCUT2D eigenvalue weighted by molar-refractivity contribution is 7.99. The second-order valence-corrected chi connectivity index (χ2v) is 7.56. The number of hydrogen-bond acceptors (Lipinski definition) is 5. The van der Waals surface area contributed by atoms with Gasteiger partial charge in [0.1, 0.15) is 11.6 Å². The van der Waals surface area contributed by atoms with Crippen LogP contribution < -0.4 is 11.1 Å².